The third-order valence-electron chi connectivity index (χ3n) is 6.49. The van der Waals surface area contributed by atoms with Crippen LogP contribution >= 0.6 is 0 Å². The second-order valence-electron chi connectivity index (χ2n) is 9.91. The minimum Gasteiger partial charge on any atom is -0.493 e. The van der Waals surface area contributed by atoms with Gasteiger partial charge in [-0.1, -0.05) is 43.2 Å². The summed E-state index contributed by atoms with van der Waals surface area (Å²) in [6.07, 6.45) is 5.12. The third-order valence-corrected chi connectivity index (χ3v) is 6.49. The van der Waals surface area contributed by atoms with E-state index in [1.54, 1.807) is 13.8 Å². The standard InChI is InChI=1S/C30H35O3.N3.Na/c1-20-16-27(32-15-14-30(4,5)31)17-21(2)29(20)28-11-7-10-25(22(28)3)19-33-26-13-12-23-8-6-9-24(23)18-26;1-3-2;/h7-8,10-13,16-18,31H,6,9,14-15,19H2,1-5H3;;/q2*-1;+1. The van der Waals surface area contributed by atoms with Crippen LogP contribution < -0.4 is 39.0 Å². The summed E-state index contributed by atoms with van der Waals surface area (Å²) in [4.78, 5) is 1.50. The number of fused-ring (bicyclic) bond motifs is 1. The first kappa shape index (κ1) is 30.6. The van der Waals surface area contributed by atoms with Crippen molar-refractivity contribution in [3.05, 3.63) is 104 Å². The maximum absolute atomic E-state index is 9.92. The van der Waals surface area contributed by atoms with Crippen LogP contribution in [0.5, 0.6) is 11.5 Å². The molecule has 0 radical (unpaired) electrons. The van der Waals surface area contributed by atoms with E-state index < -0.39 is 5.60 Å². The molecule has 1 N–H and O–H groups in total. The van der Waals surface area contributed by atoms with Crippen LogP contribution in [0.15, 0.2) is 48.5 Å². The molecule has 0 spiro atoms. The van der Waals surface area contributed by atoms with Gasteiger partial charge in [0, 0.05) is 6.42 Å². The summed E-state index contributed by atoms with van der Waals surface area (Å²) in [6, 6.07) is 17.1. The molecule has 0 aromatic heterocycles. The Morgan fingerprint density at radius 3 is 2.30 bits per heavy atom. The molecule has 6 nitrogen and oxygen atoms in total. The maximum Gasteiger partial charge on any atom is 1.00 e. The summed E-state index contributed by atoms with van der Waals surface area (Å²) in [5.41, 5.74) is 22.8. The zero-order chi connectivity index (χ0) is 26.3. The summed E-state index contributed by atoms with van der Waals surface area (Å²) in [7, 11) is 0. The molecule has 190 valence electrons. The van der Waals surface area contributed by atoms with Crippen molar-refractivity contribution in [2.24, 2.45) is 0 Å². The fourth-order valence-electron chi connectivity index (χ4n) is 4.59. The summed E-state index contributed by atoms with van der Waals surface area (Å²) in [5.74, 6) is 1.79. The molecule has 0 unspecified atom stereocenters. The molecule has 0 saturated heterocycles. The van der Waals surface area contributed by atoms with Crippen LogP contribution in [-0.2, 0) is 13.0 Å². The average Bonchev–Trinajstić information content (AvgIpc) is 3.26. The quantitative estimate of drug-likeness (QED) is 0.156. The Morgan fingerprint density at radius 1 is 0.973 bits per heavy atom. The minimum absolute atomic E-state index is 0. The molecule has 1 aliphatic carbocycles. The van der Waals surface area contributed by atoms with E-state index in [1.165, 1.54) is 49.4 Å². The van der Waals surface area contributed by atoms with E-state index in [9.17, 15) is 5.11 Å². The van der Waals surface area contributed by atoms with Crippen molar-refractivity contribution < 1.29 is 44.1 Å². The first-order valence-corrected chi connectivity index (χ1v) is 12.3. The molecule has 1 aliphatic rings. The Labute approximate surface area is 242 Å². The molecule has 0 atom stereocenters. The second-order valence-corrected chi connectivity index (χ2v) is 9.91. The van der Waals surface area contributed by atoms with Crippen molar-refractivity contribution in [3.8, 4) is 22.6 Å². The van der Waals surface area contributed by atoms with Gasteiger partial charge in [0.05, 0.1) is 18.0 Å². The van der Waals surface area contributed by atoms with Gasteiger partial charge in [0.25, 0.3) is 0 Å². The van der Waals surface area contributed by atoms with Gasteiger partial charge >= 0.3 is 29.6 Å². The van der Waals surface area contributed by atoms with Crippen molar-refractivity contribution in [2.45, 2.75) is 66.1 Å². The fourth-order valence-corrected chi connectivity index (χ4v) is 4.59. The van der Waals surface area contributed by atoms with E-state index in [0.29, 0.717) is 19.6 Å². The van der Waals surface area contributed by atoms with Crippen LogP contribution in [-0.4, -0.2) is 17.3 Å². The molecule has 4 rings (SSSR count). The number of aliphatic hydroxyl groups is 1. The number of rotatable bonds is 8. The third kappa shape index (κ3) is 8.46. The van der Waals surface area contributed by atoms with Crippen LogP contribution in [0.1, 0.15) is 60.1 Å². The van der Waals surface area contributed by atoms with Gasteiger partial charge in [-0.2, -0.15) is 18.1 Å². The summed E-state index contributed by atoms with van der Waals surface area (Å²) < 4.78 is 12.1. The number of aryl methyl sites for hydroxylation is 3. The molecule has 0 bridgehead atoms. The predicted molar refractivity (Wildman–Crippen MR) is 145 cm³/mol. The molecule has 3 aromatic rings. The number of hydrogen-bond acceptors (Lipinski definition) is 3. The van der Waals surface area contributed by atoms with E-state index >= 15 is 0 Å². The van der Waals surface area contributed by atoms with Crippen LogP contribution in [0, 0.1) is 27.2 Å². The number of ether oxygens (including phenoxy) is 2. The zero-order valence-corrected chi connectivity index (χ0v) is 24.8. The van der Waals surface area contributed by atoms with Crippen LogP contribution in [0.25, 0.3) is 27.1 Å². The maximum atomic E-state index is 9.92. The summed E-state index contributed by atoms with van der Waals surface area (Å²) in [6.45, 7) is 11.1. The summed E-state index contributed by atoms with van der Waals surface area (Å²) >= 11 is 0. The molecule has 7 heteroatoms. The van der Waals surface area contributed by atoms with E-state index in [2.05, 4.69) is 75.7 Å². The van der Waals surface area contributed by atoms with Gasteiger partial charge < -0.3 is 25.6 Å². The van der Waals surface area contributed by atoms with Gasteiger partial charge in [0.2, 0.25) is 0 Å². The van der Waals surface area contributed by atoms with E-state index in [4.69, 9.17) is 20.5 Å². The largest absolute Gasteiger partial charge is 1.00 e. The van der Waals surface area contributed by atoms with Gasteiger partial charge in [-0.05, 0) is 80.1 Å². The predicted octanol–water partition coefficient (Wildman–Crippen LogP) is 4.77. The normalized spacial score (nSPS) is 11.7. The monoisotopic (exact) mass is 508 g/mol. The number of nitrogens with zero attached hydrogens (tertiary/aromatic N) is 3. The van der Waals surface area contributed by atoms with Gasteiger partial charge in [0.1, 0.15) is 12.4 Å². The Morgan fingerprint density at radius 2 is 1.65 bits per heavy atom. The Hall–Kier alpha value is -2.60. The van der Waals surface area contributed by atoms with Crippen LogP contribution in [0.2, 0.25) is 0 Å². The second kappa shape index (κ2) is 13.8. The summed E-state index contributed by atoms with van der Waals surface area (Å²) in [5, 5.41) is 9.92. The van der Waals surface area contributed by atoms with Crippen molar-refractivity contribution in [2.75, 3.05) is 6.61 Å². The minimum atomic E-state index is -0.720. The van der Waals surface area contributed by atoms with Crippen molar-refractivity contribution in [1.29, 1.82) is 0 Å². The average molecular weight is 509 g/mol. The topological polar surface area (TPSA) is 97.4 Å². The van der Waals surface area contributed by atoms with Crippen LogP contribution in [0.3, 0.4) is 0 Å². The zero-order valence-electron chi connectivity index (χ0n) is 22.8. The molecular formula is C30H35N3NaO3-. The van der Waals surface area contributed by atoms with Crippen molar-refractivity contribution >= 4 is 0 Å². The van der Waals surface area contributed by atoms with E-state index in [-0.39, 0.29) is 29.6 Å². The Balaban J connectivity index is 0.00000115. The first-order valence-electron chi connectivity index (χ1n) is 12.3. The van der Waals surface area contributed by atoms with E-state index in [1.807, 2.05) is 0 Å². The molecular weight excluding hydrogens is 473 g/mol. The molecule has 37 heavy (non-hydrogen) atoms. The molecule has 3 aromatic carbocycles. The number of benzene rings is 3. The molecule has 0 heterocycles. The molecule has 0 saturated carbocycles. The molecule has 0 amide bonds. The van der Waals surface area contributed by atoms with E-state index in [0.717, 1.165) is 24.3 Å². The van der Waals surface area contributed by atoms with Crippen LogP contribution in [0.4, 0.5) is 0 Å². The SMILES string of the molecule is Cc1cc(OCCC(C)(C)O)cc(C)c1-c1cccc(COc2ccc3c(c2)CC[CH-]3)c1C.[N-]=[N+]=[N-].[Na+]. The van der Waals surface area contributed by atoms with Gasteiger partial charge in [-0.15, -0.1) is 5.56 Å². The first-order chi connectivity index (χ1) is 17.1. The van der Waals surface area contributed by atoms with Gasteiger partial charge in [0.15, 0.2) is 0 Å². The van der Waals surface area contributed by atoms with Gasteiger partial charge in [-0.3, -0.25) is 4.91 Å². The Bertz CT molecular complexity index is 1220. The molecule has 0 fully saturated rings. The van der Waals surface area contributed by atoms with Gasteiger partial charge in [-0.25, -0.2) is 0 Å². The Kier molecular flexibility index (Phi) is 11.4. The molecule has 0 aliphatic heterocycles. The van der Waals surface area contributed by atoms with Crippen molar-refractivity contribution in [3.63, 3.8) is 0 Å². The number of hydrogen-bond donors (Lipinski definition) is 1. The smallest absolute Gasteiger partial charge is 0.493 e. The fraction of sp³-hybridized carbons (Fsp3) is 0.367. The van der Waals surface area contributed by atoms with Crippen molar-refractivity contribution in [1.82, 2.24) is 0 Å².